The predicted octanol–water partition coefficient (Wildman–Crippen LogP) is 3.60. The van der Waals surface area contributed by atoms with Gasteiger partial charge in [-0.1, -0.05) is 29.8 Å². The van der Waals surface area contributed by atoms with E-state index in [-0.39, 0.29) is 11.4 Å². The van der Waals surface area contributed by atoms with E-state index in [4.69, 9.17) is 0 Å². The maximum absolute atomic E-state index is 13.4. The zero-order valence-electron chi connectivity index (χ0n) is 17.5. The number of aliphatic hydroxyl groups excluding tert-OH is 1. The SMILES string of the molecule is Cc1cccc(C2C(C(=O)c3sc(C)nc3C)=C(O)C(=O)N2CCCN(C)C)c1. The lowest BCUT2D eigenvalue weighted by Gasteiger charge is -2.27. The molecule has 1 atom stereocenters. The first-order valence-electron chi connectivity index (χ1n) is 9.64. The smallest absolute Gasteiger partial charge is 0.290 e. The molecule has 0 bridgehead atoms. The molecule has 1 aromatic carbocycles. The molecule has 6 nitrogen and oxygen atoms in total. The summed E-state index contributed by atoms with van der Waals surface area (Å²) >= 11 is 1.29. The molecule has 0 saturated carbocycles. The molecule has 2 aromatic rings. The number of rotatable bonds is 7. The Morgan fingerprint density at radius 1 is 1.28 bits per heavy atom. The summed E-state index contributed by atoms with van der Waals surface area (Å²) in [6.07, 6.45) is 0.745. The number of amides is 1. The van der Waals surface area contributed by atoms with Gasteiger partial charge in [0.15, 0.2) is 5.76 Å². The first-order valence-corrected chi connectivity index (χ1v) is 10.5. The second-order valence-corrected chi connectivity index (χ2v) is 8.91. The minimum absolute atomic E-state index is 0.150. The molecule has 0 aliphatic carbocycles. The third kappa shape index (κ3) is 4.26. The van der Waals surface area contributed by atoms with Crippen molar-refractivity contribution in [2.24, 2.45) is 0 Å². The number of carbonyl (C=O) groups is 2. The standard InChI is InChI=1S/C22H27N3O3S/c1-13-8-6-9-16(12-13)18-17(19(26)21-14(2)23-15(3)29-21)20(27)22(28)25(18)11-7-10-24(4)5/h6,8-9,12,18,27H,7,10-11H2,1-5H3. The summed E-state index contributed by atoms with van der Waals surface area (Å²) in [5.74, 6) is -1.25. The molecule has 1 amide bonds. The van der Waals surface area contributed by atoms with Crippen LogP contribution in [0.2, 0.25) is 0 Å². The van der Waals surface area contributed by atoms with E-state index in [0.29, 0.717) is 17.1 Å². The number of nitrogens with zero attached hydrogens (tertiary/aromatic N) is 3. The molecule has 1 unspecified atom stereocenters. The van der Waals surface area contributed by atoms with Crippen LogP contribution < -0.4 is 0 Å². The summed E-state index contributed by atoms with van der Waals surface area (Å²) in [7, 11) is 3.95. The van der Waals surface area contributed by atoms with Gasteiger partial charge in [-0.05, 0) is 53.4 Å². The Morgan fingerprint density at radius 2 is 2.00 bits per heavy atom. The Labute approximate surface area is 175 Å². The highest BCUT2D eigenvalue weighted by Gasteiger charge is 2.44. The largest absolute Gasteiger partial charge is 0.503 e. The molecule has 154 valence electrons. The Morgan fingerprint density at radius 3 is 2.59 bits per heavy atom. The van der Waals surface area contributed by atoms with Crippen LogP contribution in [-0.2, 0) is 4.79 Å². The van der Waals surface area contributed by atoms with Gasteiger partial charge in [0.2, 0.25) is 5.78 Å². The quantitative estimate of drug-likeness (QED) is 0.702. The molecule has 0 saturated heterocycles. The van der Waals surface area contributed by atoms with Gasteiger partial charge in [0, 0.05) is 6.54 Å². The van der Waals surface area contributed by atoms with Crippen LogP contribution in [0, 0.1) is 20.8 Å². The van der Waals surface area contributed by atoms with Crippen LogP contribution in [0.3, 0.4) is 0 Å². The van der Waals surface area contributed by atoms with Crippen molar-refractivity contribution in [3.05, 3.63) is 62.3 Å². The summed E-state index contributed by atoms with van der Waals surface area (Å²) in [4.78, 5) is 34.8. The number of Topliss-reactive ketones (excluding diaryl/α,β-unsaturated/α-hetero) is 1. The summed E-state index contributed by atoms with van der Waals surface area (Å²) in [5, 5.41) is 11.5. The Hall–Kier alpha value is -2.51. The van der Waals surface area contributed by atoms with Crippen molar-refractivity contribution in [1.29, 1.82) is 0 Å². The number of aryl methyl sites for hydroxylation is 3. The first kappa shape index (κ1) is 21.2. The van der Waals surface area contributed by atoms with Crippen LogP contribution >= 0.6 is 11.3 Å². The predicted molar refractivity (Wildman–Crippen MR) is 114 cm³/mol. The van der Waals surface area contributed by atoms with Crippen LogP contribution in [0.1, 0.15) is 44.0 Å². The van der Waals surface area contributed by atoms with Gasteiger partial charge in [0.25, 0.3) is 5.91 Å². The van der Waals surface area contributed by atoms with Crippen molar-refractivity contribution >= 4 is 23.0 Å². The Balaban J connectivity index is 2.05. The molecular weight excluding hydrogens is 386 g/mol. The van der Waals surface area contributed by atoms with Crippen LogP contribution in [0.5, 0.6) is 0 Å². The number of aliphatic hydroxyl groups is 1. The number of benzene rings is 1. The molecular formula is C22H27N3O3S. The molecule has 1 aliphatic rings. The molecule has 0 spiro atoms. The van der Waals surface area contributed by atoms with E-state index < -0.39 is 17.7 Å². The lowest BCUT2D eigenvalue weighted by molar-refractivity contribution is -0.129. The van der Waals surface area contributed by atoms with Crippen LogP contribution in [0.25, 0.3) is 0 Å². The number of carbonyl (C=O) groups excluding carboxylic acids is 2. The molecule has 1 aromatic heterocycles. The third-order valence-corrected chi connectivity index (χ3v) is 6.09. The summed E-state index contributed by atoms with van der Waals surface area (Å²) < 4.78 is 0. The lowest BCUT2D eigenvalue weighted by Crippen LogP contribution is -2.33. The fraction of sp³-hybridized carbons (Fsp3) is 0.409. The van der Waals surface area contributed by atoms with Gasteiger partial charge in [-0.25, -0.2) is 4.98 Å². The monoisotopic (exact) mass is 413 g/mol. The van der Waals surface area contributed by atoms with Crippen LogP contribution in [0.4, 0.5) is 0 Å². The van der Waals surface area contributed by atoms with Gasteiger partial charge in [0.05, 0.1) is 27.2 Å². The first-order chi connectivity index (χ1) is 13.7. The number of hydrogen-bond donors (Lipinski definition) is 1. The molecule has 1 aliphatic heterocycles. The van der Waals surface area contributed by atoms with E-state index in [2.05, 4.69) is 4.98 Å². The van der Waals surface area contributed by atoms with Gasteiger partial charge in [-0.2, -0.15) is 0 Å². The minimum atomic E-state index is -0.598. The highest BCUT2D eigenvalue weighted by atomic mass is 32.1. The molecule has 1 N–H and O–H groups in total. The maximum Gasteiger partial charge on any atom is 0.290 e. The maximum atomic E-state index is 13.4. The van der Waals surface area contributed by atoms with E-state index in [1.54, 1.807) is 11.8 Å². The van der Waals surface area contributed by atoms with Gasteiger partial charge in [-0.3, -0.25) is 9.59 Å². The zero-order chi connectivity index (χ0) is 21.3. The summed E-state index contributed by atoms with van der Waals surface area (Å²) in [5.41, 5.74) is 2.64. The summed E-state index contributed by atoms with van der Waals surface area (Å²) in [6.45, 7) is 6.85. The third-order valence-electron chi connectivity index (χ3n) is 5.02. The van der Waals surface area contributed by atoms with Gasteiger partial charge in [-0.15, -0.1) is 11.3 Å². The molecule has 2 heterocycles. The van der Waals surface area contributed by atoms with E-state index >= 15 is 0 Å². The number of hydrogen-bond acceptors (Lipinski definition) is 6. The normalized spacial score (nSPS) is 17.0. The van der Waals surface area contributed by atoms with Crippen molar-refractivity contribution in [2.45, 2.75) is 33.2 Å². The average molecular weight is 414 g/mol. The molecule has 29 heavy (non-hydrogen) atoms. The fourth-order valence-electron chi connectivity index (χ4n) is 3.72. The van der Waals surface area contributed by atoms with Gasteiger partial charge < -0.3 is 14.9 Å². The van der Waals surface area contributed by atoms with Crippen molar-refractivity contribution in [2.75, 3.05) is 27.2 Å². The van der Waals surface area contributed by atoms with E-state index in [1.165, 1.54) is 11.3 Å². The molecule has 0 fully saturated rings. The van der Waals surface area contributed by atoms with Gasteiger partial charge >= 0.3 is 0 Å². The van der Waals surface area contributed by atoms with Crippen molar-refractivity contribution in [1.82, 2.24) is 14.8 Å². The molecule has 7 heteroatoms. The van der Waals surface area contributed by atoms with Crippen molar-refractivity contribution in [3.8, 4) is 0 Å². The van der Waals surface area contributed by atoms with E-state index in [9.17, 15) is 14.7 Å². The second kappa shape index (κ2) is 8.47. The van der Waals surface area contributed by atoms with Crippen LogP contribution in [0.15, 0.2) is 35.6 Å². The highest BCUT2D eigenvalue weighted by molar-refractivity contribution is 7.14. The second-order valence-electron chi connectivity index (χ2n) is 7.71. The fourth-order valence-corrected chi connectivity index (χ4v) is 4.60. The van der Waals surface area contributed by atoms with Gasteiger partial charge in [0.1, 0.15) is 0 Å². The number of aromatic nitrogens is 1. The highest BCUT2D eigenvalue weighted by Crippen LogP contribution is 2.40. The number of thiazole rings is 1. The molecule has 0 radical (unpaired) electrons. The zero-order valence-corrected chi connectivity index (χ0v) is 18.3. The summed E-state index contributed by atoms with van der Waals surface area (Å²) in [6, 6.07) is 7.15. The van der Waals surface area contributed by atoms with Crippen molar-refractivity contribution in [3.63, 3.8) is 0 Å². The topological polar surface area (TPSA) is 73.7 Å². The number of ketones is 1. The average Bonchev–Trinajstić information content (AvgIpc) is 3.11. The Bertz CT molecular complexity index is 977. The van der Waals surface area contributed by atoms with Crippen molar-refractivity contribution < 1.29 is 14.7 Å². The van der Waals surface area contributed by atoms with E-state index in [0.717, 1.165) is 29.1 Å². The minimum Gasteiger partial charge on any atom is -0.503 e. The lowest BCUT2D eigenvalue weighted by atomic mass is 9.94. The molecule has 3 rings (SSSR count). The Kier molecular flexibility index (Phi) is 6.19. The van der Waals surface area contributed by atoms with Crippen LogP contribution in [-0.4, -0.2) is 58.8 Å². The van der Waals surface area contributed by atoms with E-state index in [1.807, 2.05) is 57.1 Å².